The third-order valence-corrected chi connectivity index (χ3v) is 5.41. The van der Waals surface area contributed by atoms with E-state index in [-0.39, 0.29) is 0 Å². The molecule has 2 aliphatic heterocycles. The van der Waals surface area contributed by atoms with Crippen molar-refractivity contribution in [3.63, 3.8) is 0 Å². The van der Waals surface area contributed by atoms with Crippen LogP contribution >= 0.6 is 0 Å². The number of pyridine rings is 2. The summed E-state index contributed by atoms with van der Waals surface area (Å²) in [6.45, 7) is 7.26. The number of rotatable bonds is 4. The van der Waals surface area contributed by atoms with Crippen LogP contribution in [0.3, 0.4) is 0 Å². The minimum atomic E-state index is -0.393. The molecule has 0 aliphatic carbocycles. The fourth-order valence-electron chi connectivity index (χ4n) is 4.06. The predicted octanol–water partition coefficient (Wildman–Crippen LogP) is 2.65. The molecule has 2 fully saturated rings. The van der Waals surface area contributed by atoms with Gasteiger partial charge in [-0.2, -0.15) is 4.39 Å². The first kappa shape index (κ1) is 17.2. The lowest BCUT2D eigenvalue weighted by Crippen LogP contribution is -2.50. The van der Waals surface area contributed by atoms with Gasteiger partial charge in [-0.25, -0.2) is 9.97 Å². The summed E-state index contributed by atoms with van der Waals surface area (Å²) in [6.07, 6.45) is 4.25. The lowest BCUT2D eigenvalue weighted by molar-refractivity contribution is 0.205. The van der Waals surface area contributed by atoms with Crippen LogP contribution in [0.25, 0.3) is 0 Å². The third-order valence-electron chi connectivity index (χ3n) is 5.41. The van der Waals surface area contributed by atoms with Crippen molar-refractivity contribution in [1.29, 1.82) is 0 Å². The lowest BCUT2D eigenvalue weighted by atomic mass is 9.97. The molecule has 0 saturated carbocycles. The Bertz CT molecular complexity index is 702. The minimum absolute atomic E-state index is 0.393. The molecule has 5 nitrogen and oxygen atoms in total. The predicted molar refractivity (Wildman–Crippen MR) is 102 cm³/mol. The Hall–Kier alpha value is -2.21. The highest BCUT2D eigenvalue weighted by atomic mass is 19.1. The molecule has 1 unspecified atom stereocenters. The molecule has 6 heteroatoms. The zero-order chi connectivity index (χ0) is 17.8. The van der Waals surface area contributed by atoms with E-state index in [0.717, 1.165) is 63.9 Å². The smallest absolute Gasteiger partial charge is 0.214 e. The van der Waals surface area contributed by atoms with Crippen molar-refractivity contribution in [3.8, 4) is 0 Å². The number of hydrogen-bond donors (Lipinski definition) is 0. The highest BCUT2D eigenvalue weighted by Crippen LogP contribution is 2.23. The first-order valence-electron chi connectivity index (χ1n) is 9.54. The van der Waals surface area contributed by atoms with Gasteiger partial charge in [-0.15, -0.1) is 0 Å². The van der Waals surface area contributed by atoms with Gasteiger partial charge >= 0.3 is 0 Å². The normalized spacial score (nSPS) is 21.8. The monoisotopic (exact) mass is 355 g/mol. The van der Waals surface area contributed by atoms with Crippen LogP contribution in [0.5, 0.6) is 0 Å². The average Bonchev–Trinajstić information content (AvgIpc) is 2.69. The average molecular weight is 355 g/mol. The third kappa shape index (κ3) is 4.12. The highest BCUT2D eigenvalue weighted by molar-refractivity contribution is 5.39. The van der Waals surface area contributed by atoms with E-state index in [1.165, 1.54) is 12.5 Å². The molecule has 0 amide bonds. The summed E-state index contributed by atoms with van der Waals surface area (Å²) in [5, 5.41) is 0. The zero-order valence-electron chi connectivity index (χ0n) is 15.1. The topological polar surface area (TPSA) is 35.5 Å². The van der Waals surface area contributed by atoms with Crippen LogP contribution in [-0.2, 0) is 0 Å². The first-order chi connectivity index (χ1) is 12.8. The van der Waals surface area contributed by atoms with Gasteiger partial charge in [0.05, 0.1) is 0 Å². The van der Waals surface area contributed by atoms with Gasteiger partial charge in [0.2, 0.25) is 5.95 Å². The molecule has 0 N–H and O–H groups in total. The molecule has 1 atom stereocenters. The molecule has 26 heavy (non-hydrogen) atoms. The molecule has 2 aromatic heterocycles. The standard InChI is InChI=1S/C20H26FN5/c21-18-6-3-8-20(23-18)26-10-4-5-17(16-26)15-24-11-13-25(14-12-24)19-7-1-2-9-22-19/h1-3,6-9,17H,4-5,10-16H2. The van der Waals surface area contributed by atoms with Crippen LogP contribution in [0.2, 0.25) is 0 Å². The maximum atomic E-state index is 13.4. The summed E-state index contributed by atoms with van der Waals surface area (Å²) in [5.41, 5.74) is 0. The van der Waals surface area contributed by atoms with Crippen LogP contribution < -0.4 is 9.80 Å². The van der Waals surface area contributed by atoms with Crippen LogP contribution in [0.4, 0.5) is 16.0 Å². The maximum absolute atomic E-state index is 13.4. The summed E-state index contributed by atoms with van der Waals surface area (Å²) in [5.74, 6) is 2.08. The molecule has 138 valence electrons. The highest BCUT2D eigenvalue weighted by Gasteiger charge is 2.25. The molecule has 0 spiro atoms. The molecule has 0 bridgehead atoms. The van der Waals surface area contributed by atoms with Crippen molar-refractivity contribution >= 4 is 11.6 Å². The number of halogens is 1. The number of piperidine rings is 1. The van der Waals surface area contributed by atoms with E-state index in [1.54, 1.807) is 6.07 Å². The minimum Gasteiger partial charge on any atom is -0.356 e. The Morgan fingerprint density at radius 3 is 2.54 bits per heavy atom. The van der Waals surface area contributed by atoms with Gasteiger partial charge in [-0.05, 0) is 43.0 Å². The van der Waals surface area contributed by atoms with Gasteiger partial charge < -0.3 is 9.80 Å². The fourth-order valence-corrected chi connectivity index (χ4v) is 4.06. The number of hydrogen-bond acceptors (Lipinski definition) is 5. The molecule has 4 rings (SSSR count). The molecule has 2 saturated heterocycles. The van der Waals surface area contributed by atoms with Crippen molar-refractivity contribution in [3.05, 3.63) is 48.5 Å². The second-order valence-electron chi connectivity index (χ2n) is 7.25. The molecule has 2 aliphatic rings. The largest absolute Gasteiger partial charge is 0.356 e. The molecule has 0 aromatic carbocycles. The number of nitrogens with zero attached hydrogens (tertiary/aromatic N) is 5. The summed E-state index contributed by atoms with van der Waals surface area (Å²) >= 11 is 0. The maximum Gasteiger partial charge on any atom is 0.214 e. The van der Waals surface area contributed by atoms with Crippen molar-refractivity contribution < 1.29 is 4.39 Å². The number of piperazine rings is 1. The van der Waals surface area contributed by atoms with E-state index in [2.05, 4.69) is 30.7 Å². The van der Waals surface area contributed by atoms with E-state index in [1.807, 2.05) is 24.4 Å². The second-order valence-corrected chi connectivity index (χ2v) is 7.25. The van der Waals surface area contributed by atoms with Crippen LogP contribution in [0.1, 0.15) is 12.8 Å². The van der Waals surface area contributed by atoms with E-state index >= 15 is 0 Å². The summed E-state index contributed by atoms with van der Waals surface area (Å²) in [6, 6.07) is 11.2. The second kappa shape index (κ2) is 7.99. The van der Waals surface area contributed by atoms with Gasteiger partial charge in [-0.1, -0.05) is 12.1 Å². The molecule has 0 radical (unpaired) electrons. The fraction of sp³-hybridized carbons (Fsp3) is 0.500. The van der Waals surface area contributed by atoms with Gasteiger partial charge in [0.15, 0.2) is 0 Å². The van der Waals surface area contributed by atoms with E-state index in [0.29, 0.717) is 5.92 Å². The van der Waals surface area contributed by atoms with Crippen LogP contribution in [0, 0.1) is 11.9 Å². The van der Waals surface area contributed by atoms with Crippen LogP contribution in [-0.4, -0.2) is 60.7 Å². The van der Waals surface area contributed by atoms with Gasteiger partial charge in [0.25, 0.3) is 0 Å². The van der Waals surface area contributed by atoms with Crippen molar-refractivity contribution in [2.24, 2.45) is 5.92 Å². The van der Waals surface area contributed by atoms with Gasteiger partial charge in [-0.3, -0.25) is 4.90 Å². The molecule has 4 heterocycles. The summed E-state index contributed by atoms with van der Waals surface area (Å²) in [4.78, 5) is 15.7. The number of aromatic nitrogens is 2. The summed E-state index contributed by atoms with van der Waals surface area (Å²) < 4.78 is 13.4. The van der Waals surface area contributed by atoms with Gasteiger partial charge in [0.1, 0.15) is 11.6 Å². The molecule has 2 aromatic rings. The molecular weight excluding hydrogens is 329 g/mol. The Morgan fingerprint density at radius 1 is 0.923 bits per heavy atom. The zero-order valence-corrected chi connectivity index (χ0v) is 15.1. The van der Waals surface area contributed by atoms with E-state index < -0.39 is 5.95 Å². The molecular formula is C20H26FN5. The Morgan fingerprint density at radius 2 is 1.77 bits per heavy atom. The van der Waals surface area contributed by atoms with Crippen molar-refractivity contribution in [2.75, 3.05) is 55.6 Å². The van der Waals surface area contributed by atoms with Crippen molar-refractivity contribution in [1.82, 2.24) is 14.9 Å². The van der Waals surface area contributed by atoms with E-state index in [9.17, 15) is 4.39 Å². The quantitative estimate of drug-likeness (QED) is 0.788. The number of anilines is 2. The Labute approximate surface area is 154 Å². The Balaban J connectivity index is 1.29. The Kier molecular flexibility index (Phi) is 5.29. The lowest BCUT2D eigenvalue weighted by Gasteiger charge is -2.40. The van der Waals surface area contributed by atoms with Gasteiger partial charge in [0, 0.05) is 52.0 Å². The van der Waals surface area contributed by atoms with Crippen molar-refractivity contribution in [2.45, 2.75) is 12.8 Å². The van der Waals surface area contributed by atoms with Crippen LogP contribution in [0.15, 0.2) is 42.6 Å². The first-order valence-corrected chi connectivity index (χ1v) is 9.54. The van der Waals surface area contributed by atoms with E-state index in [4.69, 9.17) is 0 Å². The summed E-state index contributed by atoms with van der Waals surface area (Å²) in [7, 11) is 0. The SMILES string of the molecule is Fc1cccc(N2CCCC(CN3CCN(c4ccccn4)CC3)C2)n1.